The molecule has 2 radical (unpaired) electrons. The third kappa shape index (κ3) is 1.58. The fourth-order valence-electron chi connectivity index (χ4n) is 0.725. The number of pyridine rings is 1. The lowest BCUT2D eigenvalue weighted by Crippen LogP contribution is -2.08. The molecule has 0 bridgehead atoms. The Morgan fingerprint density at radius 2 is 2.40 bits per heavy atom. The minimum Gasteiger partial charge on any atom is -0.389 e. The van der Waals surface area contributed by atoms with E-state index in [-0.39, 0.29) is 0 Å². The Hall–Kier alpha value is -0.825. The van der Waals surface area contributed by atoms with Crippen LogP contribution in [-0.4, -0.2) is 17.9 Å². The summed E-state index contributed by atoms with van der Waals surface area (Å²) in [4.78, 5) is 3.79. The van der Waals surface area contributed by atoms with E-state index in [2.05, 4.69) is 4.98 Å². The van der Waals surface area contributed by atoms with Gasteiger partial charge in [0.15, 0.2) is 0 Å². The van der Waals surface area contributed by atoms with Gasteiger partial charge >= 0.3 is 0 Å². The summed E-state index contributed by atoms with van der Waals surface area (Å²) in [5.74, 6) is 0. The van der Waals surface area contributed by atoms with Crippen molar-refractivity contribution in [2.45, 2.75) is 13.0 Å². The van der Waals surface area contributed by atoms with Gasteiger partial charge in [0.05, 0.1) is 6.10 Å². The van der Waals surface area contributed by atoms with Gasteiger partial charge in [0, 0.05) is 6.20 Å². The molecule has 1 rings (SSSR count). The summed E-state index contributed by atoms with van der Waals surface area (Å²) in [6, 6.07) is 3.39. The van der Waals surface area contributed by atoms with E-state index in [0.29, 0.717) is 5.59 Å². The molecule has 50 valence electrons. The Balaban J connectivity index is 2.96. The van der Waals surface area contributed by atoms with Crippen LogP contribution < -0.4 is 5.59 Å². The van der Waals surface area contributed by atoms with Gasteiger partial charge in [0.25, 0.3) is 0 Å². The van der Waals surface area contributed by atoms with Crippen LogP contribution in [0.2, 0.25) is 0 Å². The summed E-state index contributed by atoms with van der Waals surface area (Å²) in [5, 5.41) is 9.06. The van der Waals surface area contributed by atoms with Crippen molar-refractivity contribution >= 4 is 13.4 Å². The van der Waals surface area contributed by atoms with Gasteiger partial charge in [0.1, 0.15) is 7.85 Å². The Kier molecular flexibility index (Phi) is 2.07. The third-order valence-electron chi connectivity index (χ3n) is 1.29. The first kappa shape index (κ1) is 7.28. The number of hydrogen-bond donors (Lipinski definition) is 1. The van der Waals surface area contributed by atoms with E-state index in [1.165, 1.54) is 0 Å². The molecule has 1 aromatic rings. The average Bonchev–Trinajstić information content (AvgIpc) is 1.88. The zero-order valence-electron chi connectivity index (χ0n) is 5.78. The van der Waals surface area contributed by atoms with Crippen LogP contribution >= 0.6 is 0 Å². The minimum absolute atomic E-state index is 0.443. The van der Waals surface area contributed by atoms with Gasteiger partial charge in [-0.25, -0.2) is 0 Å². The van der Waals surface area contributed by atoms with Gasteiger partial charge < -0.3 is 5.11 Å². The first-order valence-electron chi connectivity index (χ1n) is 3.09. The zero-order chi connectivity index (χ0) is 7.56. The molecule has 2 nitrogen and oxygen atoms in total. The van der Waals surface area contributed by atoms with E-state index < -0.39 is 6.10 Å². The molecule has 1 atom stereocenters. The Labute approximate surface area is 61.3 Å². The molecular formula is C7H8BNO. The smallest absolute Gasteiger partial charge is 0.141 e. The summed E-state index contributed by atoms with van der Waals surface area (Å²) in [6.07, 6.45) is 1.11. The lowest BCUT2D eigenvalue weighted by molar-refractivity contribution is 0.199. The van der Waals surface area contributed by atoms with Crippen molar-refractivity contribution in [1.29, 1.82) is 0 Å². The SMILES string of the molecule is [B]c1cc(C(C)O)ccn1. The molecule has 0 fully saturated rings. The summed E-state index contributed by atoms with van der Waals surface area (Å²) < 4.78 is 0. The summed E-state index contributed by atoms with van der Waals surface area (Å²) >= 11 is 0. The lowest BCUT2D eigenvalue weighted by Gasteiger charge is -2.03. The molecule has 0 saturated carbocycles. The first-order valence-corrected chi connectivity index (χ1v) is 3.09. The molecule has 1 unspecified atom stereocenters. The first-order chi connectivity index (χ1) is 4.70. The van der Waals surface area contributed by atoms with Crippen LogP contribution in [0.5, 0.6) is 0 Å². The molecule has 0 aliphatic rings. The van der Waals surface area contributed by atoms with Gasteiger partial charge in [-0.3, -0.25) is 4.98 Å². The van der Waals surface area contributed by atoms with Crippen LogP contribution in [0, 0.1) is 0 Å². The maximum atomic E-state index is 9.06. The quantitative estimate of drug-likeness (QED) is 0.544. The highest BCUT2D eigenvalue weighted by molar-refractivity contribution is 6.30. The van der Waals surface area contributed by atoms with E-state index in [9.17, 15) is 0 Å². The molecule has 10 heavy (non-hydrogen) atoms. The van der Waals surface area contributed by atoms with E-state index >= 15 is 0 Å². The van der Waals surface area contributed by atoms with Crippen molar-refractivity contribution in [1.82, 2.24) is 4.98 Å². The van der Waals surface area contributed by atoms with Gasteiger partial charge in [-0.2, -0.15) is 0 Å². The highest BCUT2D eigenvalue weighted by Crippen LogP contribution is 2.07. The van der Waals surface area contributed by atoms with Crippen molar-refractivity contribution in [2.75, 3.05) is 0 Å². The molecule has 0 saturated heterocycles. The molecule has 0 aromatic carbocycles. The molecule has 3 heteroatoms. The molecule has 1 N–H and O–H groups in total. The van der Waals surface area contributed by atoms with Crippen molar-refractivity contribution in [3.8, 4) is 0 Å². The summed E-state index contributed by atoms with van der Waals surface area (Å²) in [7, 11) is 5.37. The Morgan fingerprint density at radius 3 is 2.80 bits per heavy atom. The van der Waals surface area contributed by atoms with Crippen LogP contribution in [0.15, 0.2) is 18.3 Å². The molecule has 0 aliphatic heterocycles. The largest absolute Gasteiger partial charge is 0.389 e. The molecule has 0 aliphatic carbocycles. The van der Waals surface area contributed by atoms with Crippen LogP contribution in [0.25, 0.3) is 0 Å². The number of rotatable bonds is 1. The van der Waals surface area contributed by atoms with Crippen LogP contribution in [-0.2, 0) is 0 Å². The number of aliphatic hydroxyl groups is 1. The predicted molar refractivity (Wildman–Crippen MR) is 40.3 cm³/mol. The minimum atomic E-state index is -0.467. The highest BCUT2D eigenvalue weighted by atomic mass is 16.3. The van der Waals surface area contributed by atoms with E-state index in [1.807, 2.05) is 0 Å². The van der Waals surface area contributed by atoms with Crippen molar-refractivity contribution in [2.24, 2.45) is 0 Å². The predicted octanol–water partition coefficient (Wildman–Crippen LogP) is -0.0713. The number of aliphatic hydroxyl groups excluding tert-OH is 1. The number of aromatic nitrogens is 1. The average molecular weight is 133 g/mol. The monoisotopic (exact) mass is 133 g/mol. The fourth-order valence-corrected chi connectivity index (χ4v) is 0.725. The topological polar surface area (TPSA) is 33.1 Å². The van der Waals surface area contributed by atoms with Gasteiger partial charge in [-0.05, 0) is 30.2 Å². The van der Waals surface area contributed by atoms with Crippen molar-refractivity contribution in [3.63, 3.8) is 0 Å². The molecule has 0 spiro atoms. The maximum Gasteiger partial charge on any atom is 0.141 e. The maximum absolute atomic E-state index is 9.06. The van der Waals surface area contributed by atoms with Crippen molar-refractivity contribution in [3.05, 3.63) is 23.9 Å². The summed E-state index contributed by atoms with van der Waals surface area (Å²) in [6.45, 7) is 1.69. The van der Waals surface area contributed by atoms with Crippen molar-refractivity contribution < 1.29 is 5.11 Å². The second-order valence-corrected chi connectivity index (χ2v) is 2.19. The molecule has 1 aromatic heterocycles. The standard InChI is InChI=1S/C7H8BNO/c1-5(10)6-2-3-9-7(8)4-6/h2-5,10H,1H3. The molecule has 1 heterocycles. The Morgan fingerprint density at radius 1 is 1.70 bits per heavy atom. The summed E-state index contributed by atoms with van der Waals surface area (Å²) in [5.41, 5.74) is 1.24. The molecule has 0 amide bonds. The second kappa shape index (κ2) is 2.84. The van der Waals surface area contributed by atoms with Crippen LogP contribution in [0.1, 0.15) is 18.6 Å². The Bertz CT molecular complexity index is 225. The number of hydrogen-bond acceptors (Lipinski definition) is 2. The lowest BCUT2D eigenvalue weighted by atomic mass is 10.0. The molecular weight excluding hydrogens is 125 g/mol. The zero-order valence-corrected chi connectivity index (χ0v) is 5.78. The van der Waals surface area contributed by atoms with E-state index in [4.69, 9.17) is 13.0 Å². The van der Waals surface area contributed by atoms with E-state index in [0.717, 1.165) is 5.56 Å². The van der Waals surface area contributed by atoms with Gasteiger partial charge in [-0.15, -0.1) is 0 Å². The van der Waals surface area contributed by atoms with Gasteiger partial charge in [-0.1, -0.05) is 0 Å². The fraction of sp³-hybridized carbons (Fsp3) is 0.286. The van der Waals surface area contributed by atoms with Crippen LogP contribution in [0.4, 0.5) is 0 Å². The normalized spacial score (nSPS) is 13.0. The second-order valence-electron chi connectivity index (χ2n) is 2.19. The number of nitrogens with zero attached hydrogens (tertiary/aromatic N) is 1. The third-order valence-corrected chi connectivity index (χ3v) is 1.29. The highest BCUT2D eigenvalue weighted by Gasteiger charge is 1.98. The van der Waals surface area contributed by atoms with Crippen LogP contribution in [0.3, 0.4) is 0 Å². The van der Waals surface area contributed by atoms with Gasteiger partial charge in [0.2, 0.25) is 0 Å². The van der Waals surface area contributed by atoms with E-state index in [1.54, 1.807) is 25.3 Å².